The number of thiazole rings is 1. The Balaban J connectivity index is 1.79. The van der Waals surface area contributed by atoms with Gasteiger partial charge in [0.1, 0.15) is 30.0 Å². The number of hydrogen-bond acceptors (Lipinski definition) is 10. The van der Waals surface area contributed by atoms with Crippen molar-refractivity contribution >= 4 is 51.7 Å². The van der Waals surface area contributed by atoms with Gasteiger partial charge in [-0.3, -0.25) is 14.5 Å². The van der Waals surface area contributed by atoms with Crippen molar-refractivity contribution in [1.82, 2.24) is 15.2 Å². The molecule has 1 aromatic rings. The molecule has 27 heavy (non-hydrogen) atoms. The fourth-order valence-corrected chi connectivity index (χ4v) is 4.51. The van der Waals surface area contributed by atoms with Crippen LogP contribution in [-0.2, 0) is 24.0 Å². The lowest BCUT2D eigenvalue weighted by molar-refractivity contribution is -0.150. The van der Waals surface area contributed by atoms with Gasteiger partial charge in [-0.05, 0) is 0 Å². The summed E-state index contributed by atoms with van der Waals surface area (Å²) in [7, 11) is 2.61. The van der Waals surface area contributed by atoms with Crippen molar-refractivity contribution in [2.24, 2.45) is 5.16 Å². The number of β-lactam (4-membered cyclic amide) rings is 1. The average Bonchev–Trinajstić information content (AvgIpc) is 3.08. The highest BCUT2D eigenvalue weighted by atomic mass is 32.2. The Morgan fingerprint density at radius 1 is 1.48 bits per heavy atom. The van der Waals surface area contributed by atoms with Crippen LogP contribution in [0, 0.1) is 0 Å². The third kappa shape index (κ3) is 3.30. The second kappa shape index (κ2) is 7.44. The number of anilines is 1. The van der Waals surface area contributed by atoms with E-state index in [1.807, 2.05) is 0 Å². The van der Waals surface area contributed by atoms with E-state index >= 15 is 0 Å². The number of aliphatic carboxylic acids is 1. The van der Waals surface area contributed by atoms with Crippen LogP contribution >= 0.6 is 23.1 Å². The van der Waals surface area contributed by atoms with Crippen LogP contribution in [0.4, 0.5) is 5.13 Å². The number of nitrogens with two attached hydrogens (primary N) is 1. The molecular weight excluding hydrogens is 398 g/mol. The Bertz CT molecular complexity index is 866. The first-order valence-electron chi connectivity index (χ1n) is 7.47. The van der Waals surface area contributed by atoms with E-state index in [0.29, 0.717) is 0 Å². The zero-order chi connectivity index (χ0) is 19.7. The monoisotopic (exact) mass is 413 g/mol. The largest absolute Gasteiger partial charge is 0.498 e. The van der Waals surface area contributed by atoms with Gasteiger partial charge in [0, 0.05) is 5.38 Å². The zero-order valence-electron chi connectivity index (χ0n) is 14.2. The molecule has 1 fully saturated rings. The van der Waals surface area contributed by atoms with Crippen molar-refractivity contribution < 1.29 is 29.1 Å². The summed E-state index contributed by atoms with van der Waals surface area (Å²) in [5.41, 5.74) is 5.44. The lowest BCUT2D eigenvalue weighted by atomic mass is 10.0. The van der Waals surface area contributed by atoms with E-state index in [2.05, 4.69) is 20.3 Å². The molecule has 144 valence electrons. The number of thioether (sulfide) groups is 1. The SMILES string of the molecule is CO/N=C(\C(=O)NC1C(=O)N2C(C(=O)O)=C(OC)CS[C@H]12)c1csc(N)n1. The second-order valence-corrected chi connectivity index (χ2v) is 7.33. The summed E-state index contributed by atoms with van der Waals surface area (Å²) in [4.78, 5) is 46.3. The molecule has 1 unspecified atom stereocenters. The first kappa shape index (κ1) is 19.0. The summed E-state index contributed by atoms with van der Waals surface area (Å²) in [6.07, 6.45) is 0. The molecule has 0 saturated carbocycles. The molecule has 13 heteroatoms. The van der Waals surface area contributed by atoms with Gasteiger partial charge in [-0.25, -0.2) is 9.78 Å². The topological polar surface area (TPSA) is 156 Å². The first-order chi connectivity index (χ1) is 12.9. The number of methoxy groups -OCH3 is 1. The Morgan fingerprint density at radius 2 is 2.22 bits per heavy atom. The number of nitrogen functional groups attached to an aromatic ring is 1. The van der Waals surface area contributed by atoms with Crippen LogP contribution in [-0.4, -0.2) is 69.9 Å². The van der Waals surface area contributed by atoms with Crippen molar-refractivity contribution in [3.05, 3.63) is 22.5 Å². The van der Waals surface area contributed by atoms with Crippen LogP contribution in [0.2, 0.25) is 0 Å². The lowest BCUT2D eigenvalue weighted by Gasteiger charge is -2.48. The molecule has 0 spiro atoms. The molecule has 0 aromatic carbocycles. The molecule has 11 nitrogen and oxygen atoms in total. The van der Waals surface area contributed by atoms with Crippen molar-refractivity contribution in [2.75, 3.05) is 25.7 Å². The number of carboxylic acids is 1. The van der Waals surface area contributed by atoms with Crippen LogP contribution in [0.25, 0.3) is 0 Å². The normalized spacial score (nSPS) is 22.1. The number of hydrogen-bond donors (Lipinski definition) is 3. The minimum absolute atomic E-state index is 0.135. The van der Waals surface area contributed by atoms with E-state index in [1.54, 1.807) is 0 Å². The number of aromatic nitrogens is 1. The molecule has 3 heterocycles. The molecule has 2 aliphatic rings. The average molecular weight is 413 g/mol. The molecule has 3 rings (SSSR count). The number of fused-ring (bicyclic) bond motifs is 1. The standard InChI is InChI=1S/C14H15N5O6S2/c1-24-6-4-26-12-8(11(21)19(12)9(6)13(22)23)17-10(20)7(18-25-2)5-3-27-14(15)16-5/h3,8,12H,4H2,1-2H3,(H2,15,16)(H,17,20)(H,22,23)/b18-7-/t8?,12-/m1/s1. The molecule has 1 saturated heterocycles. The number of carboxylic acid groups (broad SMARTS) is 1. The van der Waals surface area contributed by atoms with Crippen LogP contribution in [0.5, 0.6) is 0 Å². The van der Waals surface area contributed by atoms with Crippen LogP contribution in [0.15, 0.2) is 22.0 Å². The quantitative estimate of drug-likeness (QED) is 0.315. The minimum atomic E-state index is -1.27. The van der Waals surface area contributed by atoms with E-state index in [0.717, 1.165) is 16.2 Å². The number of carbonyl (C=O) groups is 3. The summed E-state index contributed by atoms with van der Waals surface area (Å²) in [6.45, 7) is 0. The first-order valence-corrected chi connectivity index (χ1v) is 9.40. The number of rotatable bonds is 6. The molecular formula is C14H15N5O6S2. The van der Waals surface area contributed by atoms with Gasteiger partial charge in [-0.1, -0.05) is 5.16 Å². The van der Waals surface area contributed by atoms with Gasteiger partial charge in [0.2, 0.25) is 0 Å². The smallest absolute Gasteiger partial charge is 0.356 e. The third-order valence-electron chi connectivity index (χ3n) is 3.83. The summed E-state index contributed by atoms with van der Waals surface area (Å²) in [6, 6.07) is -0.909. The fourth-order valence-electron chi connectivity index (χ4n) is 2.65. The summed E-state index contributed by atoms with van der Waals surface area (Å²) in [5.74, 6) is -2.04. The van der Waals surface area contributed by atoms with Gasteiger partial charge in [0.05, 0.1) is 12.9 Å². The van der Waals surface area contributed by atoms with Crippen LogP contribution < -0.4 is 11.1 Å². The molecule has 2 amide bonds. The van der Waals surface area contributed by atoms with Crippen molar-refractivity contribution in [3.8, 4) is 0 Å². The lowest BCUT2D eigenvalue weighted by Crippen LogP contribution is -2.71. The van der Waals surface area contributed by atoms with Gasteiger partial charge in [0.15, 0.2) is 16.5 Å². The van der Waals surface area contributed by atoms with Gasteiger partial charge in [-0.15, -0.1) is 23.1 Å². The van der Waals surface area contributed by atoms with Gasteiger partial charge < -0.3 is 25.7 Å². The maximum atomic E-state index is 12.6. The van der Waals surface area contributed by atoms with E-state index in [9.17, 15) is 19.5 Å². The Kier molecular flexibility index (Phi) is 5.23. The Morgan fingerprint density at radius 3 is 2.78 bits per heavy atom. The second-order valence-electron chi connectivity index (χ2n) is 5.34. The predicted molar refractivity (Wildman–Crippen MR) is 96.8 cm³/mol. The zero-order valence-corrected chi connectivity index (χ0v) is 15.8. The maximum absolute atomic E-state index is 12.6. The molecule has 0 aliphatic carbocycles. The fraction of sp³-hybridized carbons (Fsp3) is 0.357. The predicted octanol–water partition coefficient (Wildman–Crippen LogP) is -0.582. The van der Waals surface area contributed by atoms with E-state index in [-0.39, 0.29) is 33.7 Å². The number of amides is 2. The molecule has 4 N–H and O–H groups in total. The highest BCUT2D eigenvalue weighted by Crippen LogP contribution is 2.40. The summed E-state index contributed by atoms with van der Waals surface area (Å²) < 4.78 is 5.05. The third-order valence-corrected chi connectivity index (χ3v) is 5.76. The molecule has 0 radical (unpaired) electrons. The van der Waals surface area contributed by atoms with Crippen LogP contribution in [0.3, 0.4) is 0 Å². The Labute approximate surface area is 161 Å². The number of nitrogens with zero attached hydrogens (tertiary/aromatic N) is 3. The number of ether oxygens (including phenoxy) is 1. The highest BCUT2D eigenvalue weighted by molar-refractivity contribution is 8.00. The molecule has 2 atom stereocenters. The van der Waals surface area contributed by atoms with Crippen molar-refractivity contribution in [1.29, 1.82) is 0 Å². The molecule has 2 aliphatic heterocycles. The number of oxime groups is 1. The highest BCUT2D eigenvalue weighted by Gasteiger charge is 2.55. The summed E-state index contributed by atoms with van der Waals surface area (Å²) >= 11 is 2.41. The van der Waals surface area contributed by atoms with Gasteiger partial charge in [-0.2, -0.15) is 0 Å². The maximum Gasteiger partial charge on any atom is 0.356 e. The van der Waals surface area contributed by atoms with E-state index in [1.165, 1.54) is 31.4 Å². The Hall–Kier alpha value is -2.80. The van der Waals surface area contributed by atoms with E-state index in [4.69, 9.17) is 10.5 Å². The number of nitrogens with one attached hydrogen (secondary N) is 1. The van der Waals surface area contributed by atoms with Crippen molar-refractivity contribution in [2.45, 2.75) is 11.4 Å². The number of carbonyl (C=O) groups excluding carboxylic acids is 2. The minimum Gasteiger partial charge on any atom is -0.498 e. The van der Waals surface area contributed by atoms with Gasteiger partial charge >= 0.3 is 5.97 Å². The molecule has 0 bridgehead atoms. The van der Waals surface area contributed by atoms with Crippen LogP contribution in [0.1, 0.15) is 5.69 Å². The van der Waals surface area contributed by atoms with Gasteiger partial charge in [0.25, 0.3) is 11.8 Å². The van der Waals surface area contributed by atoms with E-state index < -0.39 is 29.2 Å². The summed E-state index contributed by atoms with van der Waals surface area (Å²) in [5, 5.41) is 16.8. The molecule has 1 aromatic heterocycles. The van der Waals surface area contributed by atoms with Crippen molar-refractivity contribution in [3.63, 3.8) is 0 Å².